The van der Waals surface area contributed by atoms with Gasteiger partial charge in [-0.15, -0.1) is 0 Å². The van der Waals surface area contributed by atoms with Gasteiger partial charge in [0.2, 0.25) is 0 Å². The molecule has 0 saturated heterocycles. The van der Waals surface area contributed by atoms with Gasteiger partial charge < -0.3 is 10.5 Å². The number of hydrogen-bond acceptors (Lipinski definition) is 4. The van der Waals surface area contributed by atoms with Crippen molar-refractivity contribution >= 4 is 0 Å². The number of para-hydroxylation sites is 1. The summed E-state index contributed by atoms with van der Waals surface area (Å²) < 4.78 is 5.62. The highest BCUT2D eigenvalue weighted by Crippen LogP contribution is 2.36. The number of aromatic amines is 1. The maximum atomic E-state index is 5.62. The smallest absolute Gasteiger partial charge is 0.161 e. The normalized spacial score (nSPS) is 17.8. The van der Waals surface area contributed by atoms with Crippen LogP contribution in [-0.4, -0.2) is 28.3 Å². The molecule has 2 heterocycles. The highest BCUT2D eigenvalue weighted by Gasteiger charge is 2.28. The van der Waals surface area contributed by atoms with Crippen molar-refractivity contribution in [1.29, 1.82) is 0 Å². The van der Waals surface area contributed by atoms with Crippen LogP contribution in [-0.2, 0) is 6.42 Å². The lowest BCUT2D eigenvalue weighted by molar-refractivity contribution is 0.340. The molecule has 1 aliphatic rings. The minimum absolute atomic E-state index is 0.133. The zero-order valence-corrected chi connectivity index (χ0v) is 9.39. The lowest BCUT2D eigenvalue weighted by atomic mass is 10.0. The van der Waals surface area contributed by atoms with Gasteiger partial charge in [0, 0.05) is 12.0 Å². The van der Waals surface area contributed by atoms with Gasteiger partial charge in [-0.2, -0.15) is 5.10 Å². The monoisotopic (exact) mass is 230 g/mol. The molecule has 1 aromatic heterocycles. The number of nitrogens with two attached hydrogens (primary N) is 1. The number of nitrogens with one attached hydrogen (secondary N) is 1. The summed E-state index contributed by atoms with van der Waals surface area (Å²) in [7, 11) is 0. The fraction of sp³-hybridized carbons (Fsp3) is 0.333. The highest BCUT2D eigenvalue weighted by molar-refractivity contribution is 5.42. The Morgan fingerprint density at radius 1 is 1.41 bits per heavy atom. The molecule has 0 aliphatic carbocycles. The Labute approximate surface area is 99.0 Å². The van der Waals surface area contributed by atoms with Gasteiger partial charge in [-0.1, -0.05) is 18.2 Å². The second kappa shape index (κ2) is 4.18. The second-order valence-electron chi connectivity index (χ2n) is 4.08. The van der Waals surface area contributed by atoms with Crippen molar-refractivity contribution in [2.75, 3.05) is 13.2 Å². The fourth-order valence-electron chi connectivity index (χ4n) is 2.09. The predicted octanol–water partition coefficient (Wildman–Crippen LogP) is 0.830. The number of aromatic nitrogens is 3. The lowest BCUT2D eigenvalue weighted by Gasteiger charge is -2.02. The topological polar surface area (TPSA) is 76.8 Å². The maximum Gasteiger partial charge on any atom is 0.161 e. The Hall–Kier alpha value is -1.88. The largest absolute Gasteiger partial charge is 0.492 e. The summed E-state index contributed by atoms with van der Waals surface area (Å²) in [5.74, 6) is 2.70. The quantitative estimate of drug-likeness (QED) is 0.818. The van der Waals surface area contributed by atoms with Crippen molar-refractivity contribution < 1.29 is 4.74 Å². The summed E-state index contributed by atoms with van der Waals surface area (Å²) in [4.78, 5) is 4.45. The molecule has 5 nitrogen and oxygen atoms in total. The first kappa shape index (κ1) is 10.3. The molecule has 0 fully saturated rings. The molecule has 0 bridgehead atoms. The lowest BCUT2D eigenvalue weighted by Crippen LogP contribution is -2.06. The molecule has 1 aromatic carbocycles. The molecule has 17 heavy (non-hydrogen) atoms. The van der Waals surface area contributed by atoms with Crippen molar-refractivity contribution in [3.05, 3.63) is 41.5 Å². The van der Waals surface area contributed by atoms with Crippen LogP contribution in [0.15, 0.2) is 24.3 Å². The average Bonchev–Trinajstić information content (AvgIpc) is 2.95. The van der Waals surface area contributed by atoms with Crippen molar-refractivity contribution in [3.8, 4) is 5.75 Å². The molecule has 1 aliphatic heterocycles. The highest BCUT2D eigenvalue weighted by atomic mass is 16.5. The van der Waals surface area contributed by atoms with E-state index in [0.717, 1.165) is 29.4 Å². The van der Waals surface area contributed by atoms with E-state index in [1.165, 1.54) is 0 Å². The summed E-state index contributed by atoms with van der Waals surface area (Å²) in [6.45, 7) is 1.19. The third-order valence-corrected chi connectivity index (χ3v) is 2.94. The van der Waals surface area contributed by atoms with Crippen molar-refractivity contribution in [2.45, 2.75) is 12.3 Å². The number of rotatable bonds is 3. The number of H-pyrrole nitrogens is 1. The summed E-state index contributed by atoms with van der Waals surface area (Å²) >= 11 is 0. The zero-order chi connectivity index (χ0) is 11.7. The first-order valence-corrected chi connectivity index (χ1v) is 5.71. The first-order chi connectivity index (χ1) is 8.38. The van der Waals surface area contributed by atoms with E-state index >= 15 is 0 Å². The van der Waals surface area contributed by atoms with Crippen molar-refractivity contribution in [1.82, 2.24) is 15.2 Å². The molecule has 3 N–H and O–H groups in total. The van der Waals surface area contributed by atoms with Crippen LogP contribution in [0.3, 0.4) is 0 Å². The number of nitrogens with zero attached hydrogens (tertiary/aromatic N) is 2. The molecular weight excluding hydrogens is 216 g/mol. The maximum absolute atomic E-state index is 5.62. The van der Waals surface area contributed by atoms with Crippen LogP contribution < -0.4 is 10.5 Å². The van der Waals surface area contributed by atoms with E-state index in [1.54, 1.807) is 0 Å². The van der Waals surface area contributed by atoms with Crippen LogP contribution in [0.2, 0.25) is 0 Å². The standard InChI is InChI=1S/C12H14N4O/c13-6-5-11-14-12(16-15-11)9-7-17-10-4-2-1-3-8(9)10/h1-4,9H,5-7,13H2,(H,14,15,16). The van der Waals surface area contributed by atoms with Gasteiger partial charge in [0.1, 0.15) is 18.2 Å². The predicted molar refractivity (Wildman–Crippen MR) is 62.9 cm³/mol. The summed E-state index contributed by atoms with van der Waals surface area (Å²) in [6, 6.07) is 8.02. The molecule has 0 amide bonds. The van der Waals surface area contributed by atoms with Gasteiger partial charge in [0.05, 0.1) is 5.92 Å². The molecule has 88 valence electrons. The van der Waals surface area contributed by atoms with Crippen LogP contribution in [0.4, 0.5) is 0 Å². The number of ether oxygens (including phenoxy) is 1. The Morgan fingerprint density at radius 2 is 2.29 bits per heavy atom. The van der Waals surface area contributed by atoms with E-state index in [2.05, 4.69) is 21.2 Å². The number of fused-ring (bicyclic) bond motifs is 1. The van der Waals surface area contributed by atoms with Crippen LogP contribution in [0.5, 0.6) is 5.75 Å². The molecule has 1 atom stereocenters. The van der Waals surface area contributed by atoms with Crippen LogP contribution >= 0.6 is 0 Å². The molecule has 3 rings (SSSR count). The fourth-order valence-corrected chi connectivity index (χ4v) is 2.09. The first-order valence-electron chi connectivity index (χ1n) is 5.71. The molecule has 5 heteroatoms. The Balaban J connectivity index is 1.90. The minimum Gasteiger partial charge on any atom is -0.492 e. The third kappa shape index (κ3) is 1.78. The van der Waals surface area contributed by atoms with E-state index < -0.39 is 0 Å². The van der Waals surface area contributed by atoms with Crippen molar-refractivity contribution in [3.63, 3.8) is 0 Å². The van der Waals surface area contributed by atoms with E-state index in [0.29, 0.717) is 13.2 Å². The van der Waals surface area contributed by atoms with Gasteiger partial charge in [-0.05, 0) is 12.6 Å². The van der Waals surface area contributed by atoms with Gasteiger partial charge in [0.25, 0.3) is 0 Å². The molecular formula is C12H14N4O. The zero-order valence-electron chi connectivity index (χ0n) is 9.39. The number of hydrogen-bond donors (Lipinski definition) is 2. The van der Waals surface area contributed by atoms with E-state index in [4.69, 9.17) is 10.5 Å². The minimum atomic E-state index is 0.133. The van der Waals surface area contributed by atoms with Gasteiger partial charge in [-0.3, -0.25) is 5.10 Å². The van der Waals surface area contributed by atoms with E-state index in [9.17, 15) is 0 Å². The van der Waals surface area contributed by atoms with Gasteiger partial charge in [-0.25, -0.2) is 4.98 Å². The summed E-state index contributed by atoms with van der Waals surface area (Å²) in [5.41, 5.74) is 6.65. The van der Waals surface area contributed by atoms with Crippen LogP contribution in [0.25, 0.3) is 0 Å². The van der Waals surface area contributed by atoms with Gasteiger partial charge in [0.15, 0.2) is 5.82 Å². The Kier molecular flexibility index (Phi) is 2.53. The molecule has 0 radical (unpaired) electrons. The Bertz CT molecular complexity index is 523. The van der Waals surface area contributed by atoms with Crippen LogP contribution in [0, 0.1) is 0 Å². The van der Waals surface area contributed by atoms with Crippen molar-refractivity contribution in [2.24, 2.45) is 5.73 Å². The number of benzene rings is 1. The van der Waals surface area contributed by atoms with E-state index in [-0.39, 0.29) is 5.92 Å². The SMILES string of the molecule is NCCc1nc(C2COc3ccccc32)n[nH]1. The molecule has 2 aromatic rings. The molecule has 0 spiro atoms. The summed E-state index contributed by atoms with van der Waals surface area (Å²) in [5, 5.41) is 7.16. The third-order valence-electron chi connectivity index (χ3n) is 2.94. The Morgan fingerprint density at radius 3 is 3.18 bits per heavy atom. The van der Waals surface area contributed by atoms with Gasteiger partial charge >= 0.3 is 0 Å². The molecule has 0 saturated carbocycles. The van der Waals surface area contributed by atoms with E-state index in [1.807, 2.05) is 18.2 Å². The van der Waals surface area contributed by atoms with Crippen LogP contribution in [0.1, 0.15) is 23.1 Å². The average molecular weight is 230 g/mol. The molecule has 1 unspecified atom stereocenters. The summed E-state index contributed by atoms with van der Waals surface area (Å²) in [6.07, 6.45) is 0.724. The second-order valence-corrected chi connectivity index (χ2v) is 4.08.